The molecule has 11 heteroatoms. The summed E-state index contributed by atoms with van der Waals surface area (Å²) in [4.78, 5) is 16.8. The van der Waals surface area contributed by atoms with Crippen molar-refractivity contribution in [2.24, 2.45) is 0 Å². The number of sulfonamides is 1. The number of pyridine rings is 1. The molecule has 0 spiro atoms. The molecule has 1 aromatic carbocycles. The fraction of sp³-hybridized carbons (Fsp3) is 0.333. The molecule has 168 valence electrons. The summed E-state index contributed by atoms with van der Waals surface area (Å²) in [5.74, 6) is -1.02. The molecule has 0 saturated carbocycles. The number of ether oxygens (including phenoxy) is 1. The molecule has 5 rings (SSSR count). The SMILES string of the molecule is O=C1c2ncc3c(c(S(=O)(=O)N4CCOCC4)cn3Cc3ccc(F)cc3)c2CCN1O. The van der Waals surface area contributed by atoms with Crippen LogP contribution in [0.3, 0.4) is 0 Å². The van der Waals surface area contributed by atoms with Crippen molar-refractivity contribution in [2.75, 3.05) is 32.8 Å². The highest BCUT2D eigenvalue weighted by Crippen LogP contribution is 2.34. The number of hydrogen-bond acceptors (Lipinski definition) is 6. The minimum absolute atomic E-state index is 0.0456. The van der Waals surface area contributed by atoms with Gasteiger partial charge >= 0.3 is 0 Å². The molecule has 0 aliphatic carbocycles. The minimum atomic E-state index is -3.87. The van der Waals surface area contributed by atoms with Gasteiger partial charge in [-0.2, -0.15) is 4.31 Å². The van der Waals surface area contributed by atoms with Crippen LogP contribution in [0.25, 0.3) is 10.9 Å². The maximum atomic E-state index is 13.6. The van der Waals surface area contributed by atoms with Crippen LogP contribution in [0.4, 0.5) is 4.39 Å². The van der Waals surface area contributed by atoms with E-state index in [1.165, 1.54) is 22.6 Å². The molecule has 0 unspecified atom stereocenters. The second-order valence-electron chi connectivity index (χ2n) is 7.79. The van der Waals surface area contributed by atoms with Crippen LogP contribution in [0.2, 0.25) is 0 Å². The summed E-state index contributed by atoms with van der Waals surface area (Å²) < 4.78 is 48.9. The number of carbonyl (C=O) groups is 1. The molecule has 3 aromatic rings. The van der Waals surface area contributed by atoms with Crippen molar-refractivity contribution in [3.63, 3.8) is 0 Å². The summed E-state index contributed by atoms with van der Waals surface area (Å²) in [6.45, 7) is 1.45. The van der Waals surface area contributed by atoms with Gasteiger partial charge in [0.05, 0.1) is 31.5 Å². The van der Waals surface area contributed by atoms with Crippen LogP contribution >= 0.6 is 0 Å². The molecule has 32 heavy (non-hydrogen) atoms. The number of morpholine rings is 1. The van der Waals surface area contributed by atoms with Crippen molar-refractivity contribution < 1.29 is 27.5 Å². The maximum Gasteiger partial charge on any atom is 0.296 e. The van der Waals surface area contributed by atoms with E-state index in [1.807, 2.05) is 0 Å². The zero-order chi connectivity index (χ0) is 22.5. The Bertz CT molecular complexity index is 1300. The van der Waals surface area contributed by atoms with Crippen LogP contribution in [-0.2, 0) is 27.7 Å². The lowest BCUT2D eigenvalue weighted by atomic mass is 10.0. The van der Waals surface area contributed by atoms with E-state index < -0.39 is 15.9 Å². The smallest absolute Gasteiger partial charge is 0.296 e. The number of aromatic nitrogens is 2. The van der Waals surface area contributed by atoms with Gasteiger partial charge in [-0.05, 0) is 29.7 Å². The van der Waals surface area contributed by atoms with Crippen LogP contribution in [-0.4, -0.2) is 71.3 Å². The number of hydroxylamine groups is 2. The van der Waals surface area contributed by atoms with Crippen LogP contribution < -0.4 is 0 Å². The predicted octanol–water partition coefficient (Wildman–Crippen LogP) is 1.63. The summed E-state index contributed by atoms with van der Waals surface area (Å²) in [6, 6.07) is 5.97. The minimum Gasteiger partial charge on any atom is -0.379 e. The summed E-state index contributed by atoms with van der Waals surface area (Å²) in [5, 5.41) is 10.8. The average molecular weight is 460 g/mol. The average Bonchev–Trinajstić information content (AvgIpc) is 3.18. The number of amides is 1. The third kappa shape index (κ3) is 3.47. The molecule has 2 aromatic heterocycles. The molecule has 1 saturated heterocycles. The number of halogens is 1. The highest BCUT2D eigenvalue weighted by molar-refractivity contribution is 7.89. The monoisotopic (exact) mass is 460 g/mol. The van der Waals surface area contributed by atoms with Gasteiger partial charge in [-0.1, -0.05) is 12.1 Å². The first-order chi connectivity index (χ1) is 15.4. The Morgan fingerprint density at radius 1 is 1.12 bits per heavy atom. The van der Waals surface area contributed by atoms with Crippen molar-refractivity contribution in [2.45, 2.75) is 17.9 Å². The Morgan fingerprint density at radius 3 is 2.56 bits per heavy atom. The number of hydrogen-bond donors (Lipinski definition) is 1. The summed E-state index contributed by atoms with van der Waals surface area (Å²) in [6.07, 6.45) is 3.28. The van der Waals surface area contributed by atoms with E-state index in [0.717, 1.165) is 5.56 Å². The molecule has 1 N–H and O–H groups in total. The standard InChI is InChI=1S/C21H21FN4O5S/c22-15-3-1-14(2-4-15)12-24-13-18(32(29,30)25-7-9-31-10-8-25)19-16-5-6-26(28)21(27)20(16)23-11-17(19)24/h1-4,11,13,28H,5-10,12H2. The Morgan fingerprint density at radius 2 is 1.84 bits per heavy atom. The summed E-state index contributed by atoms with van der Waals surface area (Å²) in [7, 11) is -3.87. The summed E-state index contributed by atoms with van der Waals surface area (Å²) in [5.41, 5.74) is 1.89. The lowest BCUT2D eigenvalue weighted by molar-refractivity contribution is -0.0606. The Labute approximate surface area is 183 Å². The van der Waals surface area contributed by atoms with Crippen LogP contribution in [0, 0.1) is 5.82 Å². The predicted molar refractivity (Wildman–Crippen MR) is 111 cm³/mol. The van der Waals surface area contributed by atoms with Crippen molar-refractivity contribution in [1.29, 1.82) is 0 Å². The van der Waals surface area contributed by atoms with Gasteiger partial charge in [0.2, 0.25) is 10.0 Å². The maximum absolute atomic E-state index is 13.6. The summed E-state index contributed by atoms with van der Waals surface area (Å²) >= 11 is 0. The normalized spacial score (nSPS) is 17.7. The van der Waals surface area contributed by atoms with Gasteiger partial charge in [0, 0.05) is 31.2 Å². The second kappa shape index (κ2) is 7.93. The number of rotatable bonds is 4. The van der Waals surface area contributed by atoms with E-state index in [4.69, 9.17) is 4.74 Å². The first-order valence-electron chi connectivity index (χ1n) is 10.2. The van der Waals surface area contributed by atoms with Gasteiger partial charge in [-0.15, -0.1) is 0 Å². The zero-order valence-corrected chi connectivity index (χ0v) is 17.9. The second-order valence-corrected chi connectivity index (χ2v) is 9.69. The van der Waals surface area contributed by atoms with E-state index in [-0.39, 0.29) is 42.5 Å². The van der Waals surface area contributed by atoms with Gasteiger partial charge in [0.15, 0.2) is 0 Å². The third-order valence-electron chi connectivity index (χ3n) is 5.85. The van der Waals surface area contributed by atoms with Crippen molar-refractivity contribution in [3.8, 4) is 0 Å². The lowest BCUT2D eigenvalue weighted by Crippen LogP contribution is -2.40. The fourth-order valence-corrected chi connectivity index (χ4v) is 5.87. The number of fused-ring (bicyclic) bond motifs is 3. The highest BCUT2D eigenvalue weighted by atomic mass is 32.2. The molecular formula is C21H21FN4O5S. The Hall–Kier alpha value is -2.86. The quantitative estimate of drug-likeness (QED) is 0.594. The molecular weight excluding hydrogens is 439 g/mol. The van der Waals surface area contributed by atoms with E-state index >= 15 is 0 Å². The largest absolute Gasteiger partial charge is 0.379 e. The number of nitrogens with zero attached hydrogens (tertiary/aromatic N) is 4. The van der Waals surface area contributed by atoms with Crippen molar-refractivity contribution in [1.82, 2.24) is 18.9 Å². The Balaban J connectivity index is 1.70. The lowest BCUT2D eigenvalue weighted by Gasteiger charge is -2.26. The van der Waals surface area contributed by atoms with Crippen LogP contribution in [0.5, 0.6) is 0 Å². The van der Waals surface area contributed by atoms with E-state index in [2.05, 4.69) is 4.98 Å². The van der Waals surface area contributed by atoms with Crippen molar-refractivity contribution >= 4 is 26.8 Å². The molecule has 2 aliphatic heterocycles. The Kier molecular flexibility index (Phi) is 5.20. The van der Waals surface area contributed by atoms with E-state index in [0.29, 0.717) is 41.3 Å². The number of carbonyl (C=O) groups excluding carboxylic acids is 1. The third-order valence-corrected chi connectivity index (χ3v) is 7.76. The molecule has 2 aliphatic rings. The van der Waals surface area contributed by atoms with Gasteiger partial charge in [0.1, 0.15) is 16.4 Å². The van der Waals surface area contributed by atoms with E-state index in [1.54, 1.807) is 22.9 Å². The van der Waals surface area contributed by atoms with Gasteiger partial charge in [-0.25, -0.2) is 22.9 Å². The fourth-order valence-electron chi connectivity index (χ4n) is 4.22. The van der Waals surface area contributed by atoms with Crippen molar-refractivity contribution in [3.05, 3.63) is 59.3 Å². The van der Waals surface area contributed by atoms with Gasteiger partial charge < -0.3 is 9.30 Å². The number of benzene rings is 1. The zero-order valence-electron chi connectivity index (χ0n) is 17.1. The van der Waals surface area contributed by atoms with Gasteiger partial charge in [-0.3, -0.25) is 10.0 Å². The molecule has 9 nitrogen and oxygen atoms in total. The molecule has 4 heterocycles. The molecule has 0 atom stereocenters. The molecule has 0 bridgehead atoms. The molecule has 1 amide bonds. The first kappa shape index (κ1) is 21.0. The molecule has 1 fully saturated rings. The van der Waals surface area contributed by atoms with Gasteiger partial charge in [0.25, 0.3) is 5.91 Å². The molecule has 0 radical (unpaired) electrons. The van der Waals surface area contributed by atoms with Crippen LogP contribution in [0.15, 0.2) is 41.6 Å². The van der Waals surface area contributed by atoms with Crippen LogP contribution in [0.1, 0.15) is 21.6 Å². The topological polar surface area (TPSA) is 105 Å². The van der Waals surface area contributed by atoms with E-state index in [9.17, 15) is 22.8 Å². The first-order valence-corrected chi connectivity index (χ1v) is 11.6. The highest BCUT2D eigenvalue weighted by Gasteiger charge is 2.34.